The predicted octanol–water partition coefficient (Wildman–Crippen LogP) is 4.05. The van der Waals surface area contributed by atoms with Gasteiger partial charge < -0.3 is 5.32 Å². The molecule has 0 saturated heterocycles. The minimum atomic E-state index is -4.54. The van der Waals surface area contributed by atoms with Gasteiger partial charge in [-0.1, -0.05) is 0 Å². The third kappa shape index (κ3) is 2.22. The Hall–Kier alpha value is -1.85. The maximum atomic E-state index is 13.4. The first-order chi connectivity index (χ1) is 8.75. The number of rotatable bonds is 1. The average Bonchev–Trinajstić information content (AvgIpc) is 2.26. The zero-order valence-corrected chi connectivity index (χ0v) is 10.6. The summed E-state index contributed by atoms with van der Waals surface area (Å²) in [4.78, 5) is 3.66. The Kier molecular flexibility index (Phi) is 3.12. The van der Waals surface area contributed by atoms with E-state index < -0.39 is 17.7 Å². The second-order valence-electron chi connectivity index (χ2n) is 4.33. The minimum Gasteiger partial charge on any atom is -0.387 e. The highest BCUT2D eigenvalue weighted by molar-refractivity contribution is 5.95. The first kappa shape index (κ1) is 13.6. The van der Waals surface area contributed by atoms with Crippen molar-refractivity contribution in [3.63, 3.8) is 0 Å². The van der Waals surface area contributed by atoms with E-state index in [1.807, 2.05) is 0 Å². The van der Waals surface area contributed by atoms with E-state index in [0.29, 0.717) is 10.9 Å². The molecule has 2 nitrogen and oxygen atoms in total. The lowest BCUT2D eigenvalue weighted by Gasteiger charge is -2.16. The van der Waals surface area contributed by atoms with Crippen molar-refractivity contribution in [2.75, 3.05) is 12.4 Å². The van der Waals surface area contributed by atoms with Gasteiger partial charge in [-0.05, 0) is 31.5 Å². The van der Waals surface area contributed by atoms with Crippen molar-refractivity contribution in [2.24, 2.45) is 0 Å². The molecule has 1 aromatic carbocycles. The molecule has 1 aromatic heterocycles. The van der Waals surface area contributed by atoms with Gasteiger partial charge in [0.05, 0.1) is 5.52 Å². The van der Waals surface area contributed by atoms with Crippen LogP contribution in [0.4, 0.5) is 23.2 Å². The van der Waals surface area contributed by atoms with Crippen LogP contribution in [0.1, 0.15) is 16.8 Å². The van der Waals surface area contributed by atoms with Gasteiger partial charge in [-0.25, -0.2) is 9.37 Å². The van der Waals surface area contributed by atoms with Crippen LogP contribution in [0.2, 0.25) is 0 Å². The Morgan fingerprint density at radius 3 is 2.32 bits per heavy atom. The Morgan fingerprint density at radius 1 is 1.16 bits per heavy atom. The number of anilines is 1. The van der Waals surface area contributed by atoms with Crippen LogP contribution in [0.5, 0.6) is 0 Å². The van der Waals surface area contributed by atoms with Gasteiger partial charge in [0.15, 0.2) is 0 Å². The maximum Gasteiger partial charge on any atom is 0.433 e. The molecule has 19 heavy (non-hydrogen) atoms. The second kappa shape index (κ2) is 4.36. The van der Waals surface area contributed by atoms with Crippen molar-refractivity contribution in [3.05, 3.63) is 34.8 Å². The summed E-state index contributed by atoms with van der Waals surface area (Å²) < 4.78 is 52.2. The number of aromatic nitrogens is 1. The molecular weight excluding hydrogens is 260 g/mol. The number of fused-ring (bicyclic) bond motifs is 1. The molecule has 0 aliphatic heterocycles. The molecule has 0 amide bonds. The lowest BCUT2D eigenvalue weighted by molar-refractivity contribution is -0.141. The lowest BCUT2D eigenvalue weighted by Crippen LogP contribution is -2.13. The maximum absolute atomic E-state index is 13.4. The standard InChI is InChI=1S/C13H12F4N2/c1-6-4-8(14)5-9-10(6)19-12(13(15,16)17)7(2)11(9)18-3/h4-5H,1-3H3,(H,18,19). The van der Waals surface area contributed by atoms with Crippen LogP contribution in [0.15, 0.2) is 12.1 Å². The number of nitrogens with one attached hydrogen (secondary N) is 1. The Balaban J connectivity index is 2.95. The molecule has 0 saturated carbocycles. The van der Waals surface area contributed by atoms with Gasteiger partial charge in [0.2, 0.25) is 0 Å². The first-order valence-corrected chi connectivity index (χ1v) is 5.61. The SMILES string of the molecule is CNc1c(C)c(C(F)(F)F)nc2c(C)cc(F)cc12. The number of nitrogens with zero attached hydrogens (tertiary/aromatic N) is 1. The van der Waals surface area contributed by atoms with E-state index in [9.17, 15) is 17.6 Å². The minimum absolute atomic E-state index is 0.0347. The quantitative estimate of drug-likeness (QED) is 0.792. The van der Waals surface area contributed by atoms with Gasteiger partial charge in [0.1, 0.15) is 11.5 Å². The number of hydrogen-bond donors (Lipinski definition) is 1. The van der Waals surface area contributed by atoms with E-state index in [1.165, 1.54) is 33.0 Å². The largest absolute Gasteiger partial charge is 0.433 e. The zero-order valence-electron chi connectivity index (χ0n) is 10.6. The summed E-state index contributed by atoms with van der Waals surface area (Å²) in [6.07, 6.45) is -4.54. The number of alkyl halides is 3. The van der Waals surface area contributed by atoms with Crippen molar-refractivity contribution in [1.29, 1.82) is 0 Å². The van der Waals surface area contributed by atoms with Crippen molar-refractivity contribution < 1.29 is 17.6 Å². The van der Waals surface area contributed by atoms with E-state index in [1.54, 1.807) is 0 Å². The highest BCUT2D eigenvalue weighted by Crippen LogP contribution is 2.37. The summed E-state index contributed by atoms with van der Waals surface area (Å²) in [6, 6.07) is 2.36. The molecule has 0 aliphatic rings. The van der Waals surface area contributed by atoms with Gasteiger partial charge >= 0.3 is 6.18 Å². The molecule has 6 heteroatoms. The summed E-state index contributed by atoms with van der Waals surface area (Å²) >= 11 is 0. The predicted molar refractivity (Wildman–Crippen MR) is 65.7 cm³/mol. The molecular formula is C13H12F4N2. The molecule has 0 bridgehead atoms. The molecule has 0 fully saturated rings. The van der Waals surface area contributed by atoms with Gasteiger partial charge in [-0.2, -0.15) is 13.2 Å². The van der Waals surface area contributed by atoms with Gasteiger partial charge in [-0.3, -0.25) is 0 Å². The first-order valence-electron chi connectivity index (χ1n) is 5.61. The van der Waals surface area contributed by atoms with E-state index in [4.69, 9.17) is 0 Å². The van der Waals surface area contributed by atoms with Crippen LogP contribution in [0.25, 0.3) is 10.9 Å². The van der Waals surface area contributed by atoms with Crippen LogP contribution in [0.3, 0.4) is 0 Å². The lowest BCUT2D eigenvalue weighted by atomic mass is 10.0. The summed E-state index contributed by atoms with van der Waals surface area (Å²) in [5.74, 6) is -0.498. The number of aryl methyl sites for hydroxylation is 1. The monoisotopic (exact) mass is 272 g/mol. The fourth-order valence-corrected chi connectivity index (χ4v) is 2.19. The van der Waals surface area contributed by atoms with Crippen molar-refractivity contribution >= 4 is 16.6 Å². The van der Waals surface area contributed by atoms with Gasteiger partial charge in [0.25, 0.3) is 0 Å². The molecule has 2 aromatic rings. The number of benzene rings is 1. The Labute approximate surface area is 107 Å². The summed E-state index contributed by atoms with van der Waals surface area (Å²) in [7, 11) is 1.50. The third-order valence-corrected chi connectivity index (χ3v) is 3.01. The topological polar surface area (TPSA) is 24.9 Å². The molecule has 0 atom stereocenters. The smallest absolute Gasteiger partial charge is 0.387 e. The number of halogens is 4. The number of hydrogen-bond acceptors (Lipinski definition) is 2. The Morgan fingerprint density at radius 2 is 1.79 bits per heavy atom. The van der Waals surface area contributed by atoms with E-state index in [2.05, 4.69) is 10.3 Å². The summed E-state index contributed by atoms with van der Waals surface area (Å²) in [5, 5.41) is 3.05. The van der Waals surface area contributed by atoms with Crippen LogP contribution >= 0.6 is 0 Å². The van der Waals surface area contributed by atoms with Crippen LogP contribution in [0, 0.1) is 19.7 Å². The molecule has 0 spiro atoms. The fraction of sp³-hybridized carbons (Fsp3) is 0.308. The van der Waals surface area contributed by atoms with E-state index in [-0.39, 0.29) is 16.8 Å². The van der Waals surface area contributed by atoms with Crippen molar-refractivity contribution in [2.45, 2.75) is 20.0 Å². The molecule has 0 unspecified atom stereocenters. The van der Waals surface area contributed by atoms with Crippen LogP contribution in [-0.4, -0.2) is 12.0 Å². The fourth-order valence-electron chi connectivity index (χ4n) is 2.19. The molecule has 0 aliphatic carbocycles. The highest BCUT2D eigenvalue weighted by Gasteiger charge is 2.36. The molecule has 1 N–H and O–H groups in total. The van der Waals surface area contributed by atoms with Gasteiger partial charge in [0, 0.05) is 23.7 Å². The third-order valence-electron chi connectivity index (χ3n) is 3.01. The van der Waals surface area contributed by atoms with E-state index in [0.717, 1.165) is 0 Å². The zero-order chi connectivity index (χ0) is 14.4. The molecule has 1 heterocycles. The normalized spacial score (nSPS) is 11.9. The van der Waals surface area contributed by atoms with E-state index >= 15 is 0 Å². The van der Waals surface area contributed by atoms with Crippen molar-refractivity contribution in [1.82, 2.24) is 4.98 Å². The highest BCUT2D eigenvalue weighted by atomic mass is 19.4. The second-order valence-corrected chi connectivity index (χ2v) is 4.33. The summed E-state index contributed by atoms with van der Waals surface area (Å²) in [5.41, 5.74) is -0.202. The molecule has 102 valence electrons. The summed E-state index contributed by atoms with van der Waals surface area (Å²) in [6.45, 7) is 2.86. The average molecular weight is 272 g/mol. The van der Waals surface area contributed by atoms with Crippen molar-refractivity contribution in [3.8, 4) is 0 Å². The Bertz CT molecular complexity index is 647. The van der Waals surface area contributed by atoms with Gasteiger partial charge in [-0.15, -0.1) is 0 Å². The van der Waals surface area contributed by atoms with Crippen LogP contribution < -0.4 is 5.32 Å². The molecule has 2 rings (SSSR count). The van der Waals surface area contributed by atoms with Crippen LogP contribution in [-0.2, 0) is 6.18 Å². The molecule has 0 radical (unpaired) electrons. The number of pyridine rings is 1.